The lowest BCUT2D eigenvalue weighted by molar-refractivity contribution is 0.0313. The van der Waals surface area contributed by atoms with Gasteiger partial charge in [0, 0.05) is 0 Å². The molecule has 1 aromatic carbocycles. The van der Waals surface area contributed by atoms with Gasteiger partial charge in [-0.2, -0.15) is 0 Å². The molecule has 0 amide bonds. The molecule has 0 radical (unpaired) electrons. The molecule has 0 bridgehead atoms. The third kappa shape index (κ3) is 2.13. The maximum atomic E-state index is 10.7. The summed E-state index contributed by atoms with van der Waals surface area (Å²) in [7, 11) is 0. The summed E-state index contributed by atoms with van der Waals surface area (Å²) < 4.78 is 0. The maximum absolute atomic E-state index is 10.7. The number of terminal acetylenes is 1. The van der Waals surface area contributed by atoms with E-state index in [0.717, 1.165) is 25.7 Å². The van der Waals surface area contributed by atoms with E-state index in [1.807, 2.05) is 12.1 Å². The summed E-state index contributed by atoms with van der Waals surface area (Å²) >= 11 is 0. The van der Waals surface area contributed by atoms with Crippen LogP contribution >= 0.6 is 0 Å². The summed E-state index contributed by atoms with van der Waals surface area (Å²) in [6.45, 7) is 4.67. The van der Waals surface area contributed by atoms with Gasteiger partial charge < -0.3 is 10.2 Å². The molecule has 23 heavy (non-hydrogen) atoms. The maximum Gasteiger partial charge on any atom is 0.126 e. The lowest BCUT2D eigenvalue weighted by Gasteiger charge is -2.51. The highest BCUT2D eigenvalue weighted by Crippen LogP contribution is 2.64. The van der Waals surface area contributed by atoms with Crippen molar-refractivity contribution in [3.05, 3.63) is 29.3 Å². The zero-order chi connectivity index (χ0) is 16.4. The van der Waals surface area contributed by atoms with Crippen molar-refractivity contribution in [1.82, 2.24) is 0 Å². The predicted molar refractivity (Wildman–Crippen MR) is 91.1 cm³/mol. The van der Waals surface area contributed by atoms with Gasteiger partial charge in [-0.1, -0.05) is 25.8 Å². The molecular weight excluding hydrogens is 284 g/mol. The number of fused-ring (bicyclic) bond motifs is 5. The third-order valence-electron chi connectivity index (χ3n) is 7.10. The Balaban J connectivity index is 1.75. The van der Waals surface area contributed by atoms with Crippen molar-refractivity contribution in [3.8, 4) is 18.1 Å². The SMILES string of the molecule is C#C[C@]1(O)C[C@H]2[C@@H]3[C@H](C)Cc4cc(O)ccc4[C@H]3CC[C@]2(C)C1. The number of aromatic hydroxyl groups is 1. The average Bonchev–Trinajstić information content (AvgIpc) is 2.78. The zero-order valence-corrected chi connectivity index (χ0v) is 14.0. The predicted octanol–water partition coefficient (Wildman–Crippen LogP) is 3.86. The van der Waals surface area contributed by atoms with E-state index in [1.165, 1.54) is 17.5 Å². The van der Waals surface area contributed by atoms with Crippen LogP contribution in [0.3, 0.4) is 0 Å². The van der Waals surface area contributed by atoms with Crippen LogP contribution in [-0.4, -0.2) is 15.8 Å². The second-order valence-corrected chi connectivity index (χ2v) is 8.60. The van der Waals surface area contributed by atoms with E-state index in [-0.39, 0.29) is 5.41 Å². The van der Waals surface area contributed by atoms with Crippen molar-refractivity contribution in [2.45, 2.75) is 57.5 Å². The number of benzene rings is 1. The van der Waals surface area contributed by atoms with Gasteiger partial charge in [-0.25, -0.2) is 0 Å². The topological polar surface area (TPSA) is 40.5 Å². The fourth-order valence-electron chi connectivity index (χ4n) is 6.19. The minimum absolute atomic E-state index is 0.172. The molecule has 2 fully saturated rings. The van der Waals surface area contributed by atoms with Crippen LogP contribution in [0.15, 0.2) is 18.2 Å². The van der Waals surface area contributed by atoms with Gasteiger partial charge in [-0.3, -0.25) is 0 Å². The van der Waals surface area contributed by atoms with Crippen molar-refractivity contribution >= 4 is 0 Å². The first-order chi connectivity index (χ1) is 10.9. The molecule has 2 N–H and O–H groups in total. The molecule has 0 unspecified atom stereocenters. The number of phenolic OH excluding ortho intramolecular Hbond substituents is 1. The molecule has 2 saturated carbocycles. The highest BCUT2D eigenvalue weighted by molar-refractivity contribution is 5.41. The summed E-state index contributed by atoms with van der Waals surface area (Å²) in [4.78, 5) is 0. The molecule has 0 aliphatic heterocycles. The van der Waals surface area contributed by atoms with E-state index >= 15 is 0 Å². The normalized spacial score (nSPS) is 44.8. The molecule has 0 spiro atoms. The summed E-state index contributed by atoms with van der Waals surface area (Å²) in [5, 5.41) is 20.5. The first kappa shape index (κ1) is 15.1. The number of hydrogen-bond donors (Lipinski definition) is 2. The minimum Gasteiger partial charge on any atom is -0.508 e. The lowest BCUT2D eigenvalue weighted by Crippen LogP contribution is -2.43. The van der Waals surface area contributed by atoms with E-state index < -0.39 is 5.60 Å². The summed E-state index contributed by atoms with van der Waals surface area (Å²) in [6, 6.07) is 5.90. The summed E-state index contributed by atoms with van der Waals surface area (Å²) in [6.07, 6.45) is 10.5. The molecular formula is C21H26O2. The Labute approximate surface area is 138 Å². The number of rotatable bonds is 0. The smallest absolute Gasteiger partial charge is 0.126 e. The first-order valence-corrected chi connectivity index (χ1v) is 8.87. The van der Waals surface area contributed by atoms with Crippen LogP contribution in [0, 0.1) is 35.5 Å². The Hall–Kier alpha value is -1.46. The highest BCUT2D eigenvalue weighted by Gasteiger charge is 2.58. The van der Waals surface area contributed by atoms with Crippen molar-refractivity contribution in [2.24, 2.45) is 23.2 Å². The standard InChI is InChI=1S/C21H26O2/c1-4-21(23)11-18-19-13(2)9-14-10-15(22)5-6-16(14)17(19)7-8-20(18,3)12-21/h1,5-6,10,13,17-19,22-23H,7-9,11-12H2,2-3H3/t13-,17-,18+,19-,20-,21+/m1/s1. The third-order valence-corrected chi connectivity index (χ3v) is 7.10. The Morgan fingerprint density at radius 2 is 2.13 bits per heavy atom. The zero-order valence-electron chi connectivity index (χ0n) is 14.0. The van der Waals surface area contributed by atoms with Crippen LogP contribution in [0.2, 0.25) is 0 Å². The van der Waals surface area contributed by atoms with Crippen LogP contribution in [-0.2, 0) is 6.42 Å². The molecule has 2 heteroatoms. The Bertz CT molecular complexity index is 688. The molecule has 0 saturated heterocycles. The van der Waals surface area contributed by atoms with E-state index in [1.54, 1.807) is 0 Å². The largest absolute Gasteiger partial charge is 0.508 e. The Morgan fingerprint density at radius 1 is 1.35 bits per heavy atom. The molecule has 4 rings (SSSR count). The van der Waals surface area contributed by atoms with Gasteiger partial charge in [0.1, 0.15) is 11.4 Å². The average molecular weight is 310 g/mol. The van der Waals surface area contributed by atoms with E-state index in [0.29, 0.717) is 29.4 Å². The molecule has 3 aliphatic rings. The minimum atomic E-state index is -0.913. The Morgan fingerprint density at radius 3 is 2.87 bits per heavy atom. The molecule has 3 aliphatic carbocycles. The monoisotopic (exact) mass is 310 g/mol. The first-order valence-electron chi connectivity index (χ1n) is 8.87. The Kier molecular flexibility index (Phi) is 3.13. The summed E-state index contributed by atoms with van der Waals surface area (Å²) in [5.41, 5.74) is 1.99. The van der Waals surface area contributed by atoms with Gasteiger partial charge in [0.05, 0.1) is 0 Å². The highest BCUT2D eigenvalue weighted by atomic mass is 16.3. The number of phenols is 1. The van der Waals surface area contributed by atoms with E-state index in [2.05, 4.69) is 25.8 Å². The van der Waals surface area contributed by atoms with Gasteiger partial charge in [0.25, 0.3) is 0 Å². The van der Waals surface area contributed by atoms with Crippen LogP contribution < -0.4 is 0 Å². The fourth-order valence-corrected chi connectivity index (χ4v) is 6.19. The molecule has 122 valence electrons. The van der Waals surface area contributed by atoms with Crippen molar-refractivity contribution in [3.63, 3.8) is 0 Å². The van der Waals surface area contributed by atoms with Crippen molar-refractivity contribution in [1.29, 1.82) is 0 Å². The second kappa shape index (κ2) is 4.77. The molecule has 0 aromatic heterocycles. The van der Waals surface area contributed by atoms with Crippen molar-refractivity contribution in [2.75, 3.05) is 0 Å². The van der Waals surface area contributed by atoms with E-state index in [4.69, 9.17) is 6.42 Å². The van der Waals surface area contributed by atoms with E-state index in [9.17, 15) is 10.2 Å². The molecule has 1 aromatic rings. The lowest BCUT2D eigenvalue weighted by atomic mass is 9.53. The molecule has 0 heterocycles. The van der Waals surface area contributed by atoms with Crippen LogP contribution in [0.5, 0.6) is 5.75 Å². The van der Waals surface area contributed by atoms with Gasteiger partial charge in [0.15, 0.2) is 0 Å². The van der Waals surface area contributed by atoms with Gasteiger partial charge in [-0.05, 0) is 84.5 Å². The van der Waals surface area contributed by atoms with Gasteiger partial charge in [0.2, 0.25) is 0 Å². The van der Waals surface area contributed by atoms with Crippen LogP contribution in [0.4, 0.5) is 0 Å². The molecule has 6 atom stereocenters. The number of aliphatic hydroxyl groups is 1. The van der Waals surface area contributed by atoms with Gasteiger partial charge >= 0.3 is 0 Å². The quantitative estimate of drug-likeness (QED) is 0.714. The number of hydrogen-bond acceptors (Lipinski definition) is 2. The van der Waals surface area contributed by atoms with Crippen LogP contribution in [0.1, 0.15) is 56.6 Å². The van der Waals surface area contributed by atoms with Crippen LogP contribution in [0.25, 0.3) is 0 Å². The second-order valence-electron chi connectivity index (χ2n) is 8.60. The van der Waals surface area contributed by atoms with Crippen molar-refractivity contribution < 1.29 is 10.2 Å². The summed E-state index contributed by atoms with van der Waals surface area (Å²) in [5.74, 6) is 5.26. The fraction of sp³-hybridized carbons (Fsp3) is 0.619. The molecule has 2 nitrogen and oxygen atoms in total. The van der Waals surface area contributed by atoms with Gasteiger partial charge in [-0.15, -0.1) is 6.42 Å².